The van der Waals surface area contributed by atoms with Gasteiger partial charge in [-0.25, -0.2) is 4.57 Å². The summed E-state index contributed by atoms with van der Waals surface area (Å²) in [6, 6.07) is 0. The molecule has 0 amide bonds. The Labute approximate surface area is 387 Å². The number of unbranched alkanes of at least 4 members (excludes halogenated alkanes) is 30. The van der Waals surface area contributed by atoms with E-state index in [2.05, 4.69) is 13.8 Å². The molecule has 0 radical (unpaired) electrons. The molecule has 14 nitrogen and oxygen atoms in total. The standard InChI is InChI=1S/C49H93O14P/c1-4-6-8-10-12-14-16-18-20-21-23-25-27-29-31-33-35-37-45(52)61-42(38-59-44(51)36-34-32-30-28-26-24-22-19-17-15-13-11-9-7-5-2)39-60-64(56,57)63-49-48(55)47(54)46(53)43(62-49)40-58-41(3)50/h42-43,46-49,53-55H,4-40H2,1-3H3,(H,56,57)/t42-,43+,46+,47?,48?,49-/m1/s1. The van der Waals surface area contributed by atoms with Crippen LogP contribution in [0.1, 0.15) is 239 Å². The molecule has 7 atom stereocenters. The fraction of sp³-hybridized carbons (Fsp3) is 0.939. The molecule has 1 rings (SSSR count). The van der Waals surface area contributed by atoms with E-state index in [1.165, 1.54) is 154 Å². The van der Waals surface area contributed by atoms with Gasteiger partial charge in [0.15, 0.2) is 12.4 Å². The number of carbonyl (C=O) groups is 3. The normalized spacial score (nSPS) is 20.1. The fourth-order valence-electron chi connectivity index (χ4n) is 7.93. The molecule has 4 N–H and O–H groups in total. The lowest BCUT2D eigenvalue weighted by atomic mass is 9.99. The Morgan fingerprint density at radius 1 is 0.516 bits per heavy atom. The third-order valence-corrected chi connectivity index (χ3v) is 12.9. The van der Waals surface area contributed by atoms with E-state index >= 15 is 0 Å². The van der Waals surface area contributed by atoms with Crippen LogP contribution in [0.3, 0.4) is 0 Å². The maximum Gasteiger partial charge on any atom is 0.474 e. The van der Waals surface area contributed by atoms with E-state index in [-0.39, 0.29) is 12.8 Å². The molecular weight excluding hydrogens is 843 g/mol. The van der Waals surface area contributed by atoms with Crippen LogP contribution in [0.2, 0.25) is 0 Å². The number of aliphatic hydroxyl groups excluding tert-OH is 3. The Balaban J connectivity index is 2.48. The van der Waals surface area contributed by atoms with Gasteiger partial charge in [-0.3, -0.25) is 23.4 Å². The van der Waals surface area contributed by atoms with E-state index in [9.17, 15) is 39.2 Å². The first-order valence-corrected chi connectivity index (χ1v) is 27.2. The van der Waals surface area contributed by atoms with Gasteiger partial charge in [0, 0.05) is 19.8 Å². The van der Waals surface area contributed by atoms with Crippen LogP contribution >= 0.6 is 7.82 Å². The van der Waals surface area contributed by atoms with Gasteiger partial charge in [0.2, 0.25) is 0 Å². The van der Waals surface area contributed by atoms with E-state index in [4.69, 9.17) is 28.0 Å². The van der Waals surface area contributed by atoms with Crippen molar-refractivity contribution in [3.05, 3.63) is 0 Å². The number of phosphoric ester groups is 1. The second-order valence-corrected chi connectivity index (χ2v) is 19.5. The average molecular weight is 937 g/mol. The van der Waals surface area contributed by atoms with Gasteiger partial charge < -0.3 is 39.2 Å². The first kappa shape index (κ1) is 60.4. The van der Waals surface area contributed by atoms with Crippen molar-refractivity contribution in [3.63, 3.8) is 0 Å². The predicted octanol–water partition coefficient (Wildman–Crippen LogP) is 11.2. The second-order valence-electron chi connectivity index (χ2n) is 18.1. The summed E-state index contributed by atoms with van der Waals surface area (Å²) in [4.78, 5) is 47.3. The topological polar surface area (TPSA) is 205 Å². The van der Waals surface area contributed by atoms with Crippen LogP contribution in [0, 0.1) is 0 Å². The van der Waals surface area contributed by atoms with Crippen molar-refractivity contribution in [2.45, 2.75) is 276 Å². The number of hydrogen-bond donors (Lipinski definition) is 4. The van der Waals surface area contributed by atoms with Crippen molar-refractivity contribution >= 4 is 25.7 Å². The lowest BCUT2D eigenvalue weighted by Gasteiger charge is -2.40. The highest BCUT2D eigenvalue weighted by Crippen LogP contribution is 2.46. The molecule has 3 unspecified atom stereocenters. The highest BCUT2D eigenvalue weighted by atomic mass is 31.2. The molecule has 0 aromatic heterocycles. The van der Waals surface area contributed by atoms with E-state index in [0.717, 1.165) is 45.4 Å². The molecule has 1 saturated heterocycles. The Bertz CT molecular complexity index is 1190. The van der Waals surface area contributed by atoms with Gasteiger partial charge in [-0.05, 0) is 12.8 Å². The summed E-state index contributed by atoms with van der Waals surface area (Å²) in [7, 11) is -5.07. The summed E-state index contributed by atoms with van der Waals surface area (Å²) < 4.78 is 44.1. The molecule has 15 heteroatoms. The Kier molecular flexibility index (Phi) is 38.1. The zero-order valence-corrected chi connectivity index (χ0v) is 41.3. The maximum absolute atomic E-state index is 13.0. The van der Waals surface area contributed by atoms with Crippen molar-refractivity contribution < 1.29 is 67.2 Å². The van der Waals surface area contributed by atoms with E-state index in [1.54, 1.807) is 0 Å². The SMILES string of the molecule is CCCCCCCCCCCCCCCCCCCC(=O)O[C@H](COC(=O)CCCCCCCCCCCCCCCCC)COP(=O)(O)O[C@H]1O[C@@H](COC(C)=O)[C@H](O)C(O)C1O. The molecule has 0 bridgehead atoms. The summed E-state index contributed by atoms with van der Waals surface area (Å²) in [6.45, 7) is 3.97. The van der Waals surface area contributed by atoms with Gasteiger partial charge in [-0.1, -0.05) is 206 Å². The minimum atomic E-state index is -5.07. The number of aliphatic hydroxyl groups is 3. The quantitative estimate of drug-likeness (QED) is 0.0194. The fourth-order valence-corrected chi connectivity index (χ4v) is 8.79. The van der Waals surface area contributed by atoms with E-state index < -0.39 is 82.4 Å². The van der Waals surface area contributed by atoms with E-state index in [1.807, 2.05) is 0 Å². The van der Waals surface area contributed by atoms with Gasteiger partial charge in [-0.15, -0.1) is 0 Å². The van der Waals surface area contributed by atoms with Crippen LogP contribution in [0.15, 0.2) is 0 Å². The largest absolute Gasteiger partial charge is 0.474 e. The average Bonchev–Trinajstić information content (AvgIpc) is 3.26. The van der Waals surface area contributed by atoms with Gasteiger partial charge in [0.25, 0.3) is 0 Å². The zero-order valence-electron chi connectivity index (χ0n) is 40.4. The summed E-state index contributed by atoms with van der Waals surface area (Å²) in [5.74, 6) is -1.76. The monoisotopic (exact) mass is 937 g/mol. The van der Waals surface area contributed by atoms with Gasteiger partial charge in [0.05, 0.1) is 6.61 Å². The lowest BCUT2D eigenvalue weighted by Crippen LogP contribution is -2.59. The number of esters is 3. The van der Waals surface area contributed by atoms with Crippen molar-refractivity contribution in [1.29, 1.82) is 0 Å². The first-order chi connectivity index (χ1) is 30.9. The lowest BCUT2D eigenvalue weighted by molar-refractivity contribution is -0.282. The Morgan fingerprint density at radius 2 is 0.891 bits per heavy atom. The van der Waals surface area contributed by atoms with Crippen molar-refractivity contribution in [2.75, 3.05) is 19.8 Å². The first-order valence-electron chi connectivity index (χ1n) is 25.7. The summed E-state index contributed by atoms with van der Waals surface area (Å²) in [5, 5.41) is 30.9. The molecule has 0 aromatic carbocycles. The van der Waals surface area contributed by atoms with Gasteiger partial charge in [0.1, 0.15) is 37.6 Å². The number of ether oxygens (including phenoxy) is 4. The van der Waals surface area contributed by atoms with Crippen LogP contribution in [-0.4, -0.2) is 94.8 Å². The Hall–Kier alpha value is -1.64. The molecule has 0 aliphatic carbocycles. The number of hydrogen-bond acceptors (Lipinski definition) is 13. The van der Waals surface area contributed by atoms with Crippen LogP contribution in [0.5, 0.6) is 0 Å². The van der Waals surface area contributed by atoms with Crippen LogP contribution in [0.25, 0.3) is 0 Å². The molecule has 1 fully saturated rings. The third-order valence-electron chi connectivity index (χ3n) is 12.0. The van der Waals surface area contributed by atoms with Crippen molar-refractivity contribution in [1.82, 2.24) is 0 Å². The highest BCUT2D eigenvalue weighted by molar-refractivity contribution is 7.47. The van der Waals surface area contributed by atoms with Gasteiger partial charge in [-0.2, -0.15) is 0 Å². The maximum atomic E-state index is 13.0. The summed E-state index contributed by atoms with van der Waals surface area (Å²) in [6.07, 6.45) is 28.9. The zero-order chi connectivity index (χ0) is 47.1. The van der Waals surface area contributed by atoms with Crippen molar-refractivity contribution in [2.24, 2.45) is 0 Å². The van der Waals surface area contributed by atoms with Crippen LogP contribution < -0.4 is 0 Å². The second kappa shape index (κ2) is 40.4. The Morgan fingerprint density at radius 3 is 1.28 bits per heavy atom. The molecular formula is C49H93O14P. The van der Waals surface area contributed by atoms with Crippen LogP contribution in [0.4, 0.5) is 0 Å². The molecule has 0 spiro atoms. The molecule has 1 aliphatic heterocycles. The summed E-state index contributed by atoms with van der Waals surface area (Å²) in [5.41, 5.74) is 0. The molecule has 1 heterocycles. The van der Waals surface area contributed by atoms with Crippen LogP contribution in [-0.2, 0) is 46.9 Å². The van der Waals surface area contributed by atoms with Gasteiger partial charge >= 0.3 is 25.7 Å². The minimum absolute atomic E-state index is 0.113. The summed E-state index contributed by atoms with van der Waals surface area (Å²) >= 11 is 0. The minimum Gasteiger partial charge on any atom is -0.463 e. The molecule has 0 aromatic rings. The number of phosphoric acid groups is 1. The predicted molar refractivity (Wildman–Crippen MR) is 249 cm³/mol. The third kappa shape index (κ3) is 33.8. The number of carbonyl (C=O) groups excluding carboxylic acids is 3. The molecule has 64 heavy (non-hydrogen) atoms. The number of rotatable bonds is 44. The van der Waals surface area contributed by atoms with Crippen molar-refractivity contribution in [3.8, 4) is 0 Å². The van der Waals surface area contributed by atoms with E-state index in [0.29, 0.717) is 12.8 Å². The highest BCUT2D eigenvalue weighted by Gasteiger charge is 2.47. The molecule has 1 aliphatic rings. The smallest absolute Gasteiger partial charge is 0.463 e. The molecule has 378 valence electrons. The molecule has 0 saturated carbocycles.